The Bertz CT molecular complexity index is 160. The Morgan fingerprint density at radius 1 is 1.32 bits per heavy atom. The number of hydrogen-bond acceptors (Lipinski definition) is 2. The summed E-state index contributed by atoms with van der Waals surface area (Å²) in [5.41, 5.74) is 5.47. The molecule has 1 aliphatic rings. The fourth-order valence-corrected chi connectivity index (χ4v) is 1.53. The van der Waals surface area contributed by atoms with Crippen LogP contribution in [0.25, 0.3) is 0 Å². The van der Waals surface area contributed by atoms with E-state index in [1.807, 2.05) is 0 Å². The Morgan fingerprint density at radius 2 is 1.84 bits per heavy atom. The molecule has 1 fully saturated rings. The highest BCUT2D eigenvalue weighted by atomic mass is 32.1. The van der Waals surface area contributed by atoms with Crippen molar-refractivity contribution in [3.8, 4) is 0 Å². The summed E-state index contributed by atoms with van der Waals surface area (Å²) in [6.45, 7) is 5.61. The third-order valence-corrected chi connectivity index (χ3v) is 2.66. The number of hydrogen-bond donors (Lipinski definition) is 2. The van der Waals surface area contributed by atoms with Gasteiger partial charge < -0.3 is 22.0 Å². The molecule has 0 radical (unpaired) electrons. The van der Waals surface area contributed by atoms with E-state index in [4.69, 9.17) is 5.73 Å². The van der Waals surface area contributed by atoms with Gasteiger partial charge in [-0.1, -0.05) is 34.1 Å². The van der Waals surface area contributed by atoms with Crippen LogP contribution in [0.15, 0.2) is 0 Å². The molecule has 4 nitrogen and oxygen atoms in total. The largest absolute Gasteiger partial charge is 0.412 e. The van der Waals surface area contributed by atoms with Crippen LogP contribution in [0.3, 0.4) is 0 Å². The van der Waals surface area contributed by atoms with Gasteiger partial charge in [0, 0.05) is 14.4 Å². The lowest BCUT2D eigenvalue weighted by molar-refractivity contribution is 0.0238. The predicted molar refractivity (Wildman–Crippen MR) is 86.6 cm³/mol. The molecule has 19 heavy (non-hydrogen) atoms. The van der Waals surface area contributed by atoms with Gasteiger partial charge in [0.1, 0.15) is 0 Å². The molecule has 126 valence electrons. The Kier molecular flexibility index (Phi) is 29.9. The molecule has 7 N–H and O–H groups in total. The van der Waals surface area contributed by atoms with E-state index < -0.39 is 5.92 Å². The fourth-order valence-electron chi connectivity index (χ4n) is 1.53. The predicted octanol–water partition coefficient (Wildman–Crippen LogP) is 1.73. The van der Waals surface area contributed by atoms with E-state index in [-0.39, 0.29) is 46.3 Å². The number of nitrogens with one attached hydrogen (secondary N) is 1. The SMILES string of the molecule is C.CCC[C@H](CC)CN.FC1(F)CCNC1.O.O.S.[HH]. The molecule has 1 rings (SSSR count). The monoisotopic (exact) mass is 310 g/mol. The summed E-state index contributed by atoms with van der Waals surface area (Å²) in [5, 5.41) is 2.56. The Labute approximate surface area is 125 Å². The molecular formula is C12H36F2N2O2S. The minimum Gasteiger partial charge on any atom is -0.412 e. The minimum absolute atomic E-state index is 0. The molecule has 0 unspecified atom stereocenters. The van der Waals surface area contributed by atoms with E-state index in [9.17, 15) is 8.78 Å². The summed E-state index contributed by atoms with van der Waals surface area (Å²) < 4.78 is 23.8. The van der Waals surface area contributed by atoms with Crippen LogP contribution in [0.1, 0.15) is 48.4 Å². The van der Waals surface area contributed by atoms with Crippen LogP contribution in [-0.2, 0) is 0 Å². The van der Waals surface area contributed by atoms with E-state index in [0.29, 0.717) is 6.54 Å². The average molecular weight is 310 g/mol. The van der Waals surface area contributed by atoms with Crippen molar-refractivity contribution in [2.24, 2.45) is 11.7 Å². The van der Waals surface area contributed by atoms with Crippen LogP contribution in [0, 0.1) is 5.92 Å². The normalized spacial score (nSPS) is 16.3. The Hall–Kier alpha value is 0.0500. The molecule has 0 bridgehead atoms. The molecule has 0 aliphatic carbocycles. The van der Waals surface area contributed by atoms with Crippen molar-refractivity contribution >= 4 is 13.5 Å². The minimum atomic E-state index is -2.42. The summed E-state index contributed by atoms with van der Waals surface area (Å²) in [4.78, 5) is 0. The standard InChI is InChI=1S/C7H17N.C4H7F2N.CH4.2H2O.H2S.H2/c1-3-5-7(4-2)6-8;5-4(6)1-2-7-3-4;;;;;/h7H,3-6,8H2,1-2H3;7H,1-3H2;1H4;3*1H2;1H/t7-;;;;;;/m0....../s1. The van der Waals surface area contributed by atoms with Crippen LogP contribution in [0.4, 0.5) is 8.78 Å². The molecule has 0 spiro atoms. The second-order valence-corrected chi connectivity index (χ2v) is 4.08. The molecule has 1 aliphatic heterocycles. The van der Waals surface area contributed by atoms with Crippen LogP contribution in [-0.4, -0.2) is 36.5 Å². The highest BCUT2D eigenvalue weighted by Gasteiger charge is 2.32. The number of nitrogens with two attached hydrogens (primary N) is 1. The van der Waals surface area contributed by atoms with Gasteiger partial charge in [-0.05, 0) is 18.9 Å². The Balaban J connectivity index is -0.0000000393. The van der Waals surface area contributed by atoms with Gasteiger partial charge in [0.2, 0.25) is 0 Å². The summed E-state index contributed by atoms with van der Waals surface area (Å²) in [5.74, 6) is -1.64. The second-order valence-electron chi connectivity index (χ2n) is 4.08. The van der Waals surface area contributed by atoms with Crippen molar-refractivity contribution in [1.82, 2.24) is 5.32 Å². The molecule has 1 heterocycles. The van der Waals surface area contributed by atoms with Crippen molar-refractivity contribution < 1.29 is 21.2 Å². The average Bonchev–Trinajstić information content (AvgIpc) is 2.60. The topological polar surface area (TPSA) is 101 Å². The van der Waals surface area contributed by atoms with E-state index in [2.05, 4.69) is 19.2 Å². The third-order valence-electron chi connectivity index (χ3n) is 2.66. The van der Waals surface area contributed by atoms with E-state index in [0.717, 1.165) is 12.5 Å². The first-order chi connectivity index (χ1) is 7.05. The van der Waals surface area contributed by atoms with Crippen LogP contribution < -0.4 is 11.1 Å². The lowest BCUT2D eigenvalue weighted by Crippen LogP contribution is -2.18. The Morgan fingerprint density at radius 3 is 1.95 bits per heavy atom. The molecule has 1 saturated heterocycles. The van der Waals surface area contributed by atoms with E-state index >= 15 is 0 Å². The zero-order chi connectivity index (χ0) is 11.7. The number of halogens is 2. The lowest BCUT2D eigenvalue weighted by atomic mass is 10.0. The van der Waals surface area contributed by atoms with Crippen molar-refractivity contribution in [1.29, 1.82) is 0 Å². The van der Waals surface area contributed by atoms with Gasteiger partial charge in [-0.3, -0.25) is 0 Å². The first-order valence-electron chi connectivity index (χ1n) is 5.84. The van der Waals surface area contributed by atoms with E-state index in [1.54, 1.807) is 0 Å². The summed E-state index contributed by atoms with van der Waals surface area (Å²) in [7, 11) is 0. The molecule has 0 aromatic carbocycles. The van der Waals surface area contributed by atoms with Crippen molar-refractivity contribution in [3.63, 3.8) is 0 Å². The van der Waals surface area contributed by atoms with Gasteiger partial charge in [-0.25, -0.2) is 8.78 Å². The van der Waals surface area contributed by atoms with Gasteiger partial charge in [-0.2, -0.15) is 13.5 Å². The zero-order valence-corrected chi connectivity index (χ0v) is 12.4. The molecule has 1 atom stereocenters. The lowest BCUT2D eigenvalue weighted by Gasteiger charge is -2.08. The van der Waals surface area contributed by atoms with Gasteiger partial charge in [0.25, 0.3) is 5.92 Å². The summed E-state index contributed by atoms with van der Waals surface area (Å²) >= 11 is 0. The molecular weight excluding hydrogens is 274 g/mol. The number of alkyl halides is 2. The third kappa shape index (κ3) is 18.1. The van der Waals surface area contributed by atoms with Crippen LogP contribution >= 0.6 is 13.5 Å². The fraction of sp³-hybridized carbons (Fsp3) is 1.00. The maximum atomic E-state index is 11.9. The highest BCUT2D eigenvalue weighted by Crippen LogP contribution is 2.19. The van der Waals surface area contributed by atoms with Crippen molar-refractivity contribution in [2.75, 3.05) is 19.6 Å². The summed E-state index contributed by atoms with van der Waals surface area (Å²) in [6.07, 6.45) is 3.82. The van der Waals surface area contributed by atoms with Gasteiger partial charge in [0.15, 0.2) is 0 Å². The highest BCUT2D eigenvalue weighted by molar-refractivity contribution is 7.59. The first kappa shape index (κ1) is 31.4. The van der Waals surface area contributed by atoms with E-state index in [1.165, 1.54) is 19.3 Å². The molecule has 0 aromatic heterocycles. The van der Waals surface area contributed by atoms with Gasteiger partial charge >= 0.3 is 0 Å². The zero-order valence-electron chi connectivity index (χ0n) is 11.4. The maximum absolute atomic E-state index is 11.9. The molecule has 0 amide bonds. The molecule has 0 aromatic rings. The van der Waals surface area contributed by atoms with Gasteiger partial charge in [-0.15, -0.1) is 0 Å². The number of rotatable bonds is 4. The van der Waals surface area contributed by atoms with Crippen molar-refractivity contribution in [2.45, 2.75) is 52.9 Å². The summed E-state index contributed by atoms with van der Waals surface area (Å²) in [6, 6.07) is 0. The molecule has 0 saturated carbocycles. The maximum Gasteiger partial charge on any atom is 0.261 e. The van der Waals surface area contributed by atoms with Crippen molar-refractivity contribution in [3.05, 3.63) is 0 Å². The van der Waals surface area contributed by atoms with Gasteiger partial charge in [0.05, 0.1) is 6.54 Å². The molecule has 7 heteroatoms. The first-order valence-corrected chi connectivity index (χ1v) is 5.84. The second kappa shape index (κ2) is 18.0. The van der Waals surface area contributed by atoms with Crippen LogP contribution in [0.5, 0.6) is 0 Å². The smallest absolute Gasteiger partial charge is 0.261 e. The quantitative estimate of drug-likeness (QED) is 0.826. The van der Waals surface area contributed by atoms with Crippen LogP contribution in [0.2, 0.25) is 0 Å².